The summed E-state index contributed by atoms with van der Waals surface area (Å²) in [5.74, 6) is -0.410. The SMILES string of the molecule is CC1(S(C)(=O)=O)CC[C@@](C)(c2cc(N)ccc2F)N=C1N. The van der Waals surface area contributed by atoms with Gasteiger partial charge in [-0.3, -0.25) is 4.99 Å². The predicted molar refractivity (Wildman–Crippen MR) is 82.3 cm³/mol. The summed E-state index contributed by atoms with van der Waals surface area (Å²) in [6, 6.07) is 4.28. The minimum atomic E-state index is -3.40. The number of hydrogen-bond donors (Lipinski definition) is 2. The van der Waals surface area contributed by atoms with Gasteiger partial charge >= 0.3 is 0 Å². The Bertz CT molecular complexity index is 717. The molecule has 0 aromatic heterocycles. The van der Waals surface area contributed by atoms with Gasteiger partial charge in [-0.2, -0.15) is 0 Å². The van der Waals surface area contributed by atoms with E-state index in [0.717, 1.165) is 6.26 Å². The summed E-state index contributed by atoms with van der Waals surface area (Å²) in [4.78, 5) is 4.33. The first-order valence-corrected chi connectivity index (χ1v) is 8.50. The van der Waals surface area contributed by atoms with Gasteiger partial charge in [-0.05, 0) is 44.9 Å². The molecule has 1 aliphatic heterocycles. The molecule has 2 rings (SSSR count). The highest BCUT2D eigenvalue weighted by Crippen LogP contribution is 2.41. The van der Waals surface area contributed by atoms with Gasteiger partial charge in [-0.1, -0.05) is 0 Å². The Labute approximate surface area is 124 Å². The molecule has 116 valence electrons. The molecule has 0 fully saturated rings. The zero-order valence-corrected chi connectivity index (χ0v) is 13.2. The number of rotatable bonds is 2. The number of nitrogen functional groups attached to an aromatic ring is 1. The number of benzene rings is 1. The normalized spacial score (nSPS) is 30.0. The molecule has 0 bridgehead atoms. The van der Waals surface area contributed by atoms with Crippen molar-refractivity contribution in [1.82, 2.24) is 0 Å². The smallest absolute Gasteiger partial charge is 0.160 e. The van der Waals surface area contributed by atoms with E-state index in [9.17, 15) is 12.8 Å². The van der Waals surface area contributed by atoms with Crippen LogP contribution in [0.4, 0.5) is 10.1 Å². The van der Waals surface area contributed by atoms with E-state index in [-0.39, 0.29) is 12.3 Å². The maximum atomic E-state index is 14.1. The largest absolute Gasteiger partial charge is 0.399 e. The highest BCUT2D eigenvalue weighted by atomic mass is 32.2. The molecular weight excluding hydrogens is 293 g/mol. The van der Waals surface area contributed by atoms with E-state index in [2.05, 4.69) is 4.99 Å². The molecule has 0 aliphatic carbocycles. The summed E-state index contributed by atoms with van der Waals surface area (Å²) < 4.78 is 36.7. The summed E-state index contributed by atoms with van der Waals surface area (Å²) in [6.07, 6.45) is 1.79. The number of hydrogen-bond acceptors (Lipinski definition) is 5. The standard InChI is InChI=1S/C14H20FN3O2S/c1-13(10-8-9(16)4-5-11(10)15)6-7-14(2,12(17)18-13)21(3,19)20/h4-5,8H,6-7,16H2,1-3H3,(H2,17,18)/t13-,14?/m0/s1. The number of aliphatic imine (C=N–C) groups is 1. The van der Waals surface area contributed by atoms with Gasteiger partial charge in [0.1, 0.15) is 16.4 Å². The minimum Gasteiger partial charge on any atom is -0.399 e. The van der Waals surface area contributed by atoms with E-state index in [0.29, 0.717) is 17.7 Å². The third kappa shape index (κ3) is 2.50. The highest BCUT2D eigenvalue weighted by molar-refractivity contribution is 7.92. The molecular formula is C14H20FN3O2S. The van der Waals surface area contributed by atoms with Crippen molar-refractivity contribution in [3.63, 3.8) is 0 Å². The fourth-order valence-corrected chi connectivity index (χ4v) is 3.47. The van der Waals surface area contributed by atoms with E-state index in [4.69, 9.17) is 11.5 Å². The van der Waals surface area contributed by atoms with Gasteiger partial charge in [0.15, 0.2) is 9.84 Å². The van der Waals surface area contributed by atoms with Crippen LogP contribution in [0.5, 0.6) is 0 Å². The topological polar surface area (TPSA) is 98.5 Å². The summed E-state index contributed by atoms with van der Waals surface area (Å²) in [5.41, 5.74) is 11.5. The number of anilines is 1. The Hall–Kier alpha value is -1.63. The number of nitrogens with two attached hydrogens (primary N) is 2. The van der Waals surface area contributed by atoms with Gasteiger partial charge in [0.05, 0.1) is 5.54 Å². The van der Waals surface area contributed by atoms with Crippen molar-refractivity contribution in [3.05, 3.63) is 29.6 Å². The summed E-state index contributed by atoms with van der Waals surface area (Å²) in [5, 5.41) is 0. The average molecular weight is 313 g/mol. The van der Waals surface area contributed by atoms with Crippen LogP contribution in [0.25, 0.3) is 0 Å². The maximum Gasteiger partial charge on any atom is 0.160 e. The van der Waals surface area contributed by atoms with Crippen molar-refractivity contribution in [2.24, 2.45) is 10.7 Å². The highest BCUT2D eigenvalue weighted by Gasteiger charge is 2.47. The molecule has 1 heterocycles. The van der Waals surface area contributed by atoms with Crippen LogP contribution < -0.4 is 11.5 Å². The van der Waals surface area contributed by atoms with Crippen LogP contribution >= 0.6 is 0 Å². The molecule has 0 saturated carbocycles. The fraction of sp³-hybridized carbons (Fsp3) is 0.500. The van der Waals surface area contributed by atoms with Crippen LogP contribution in [-0.4, -0.2) is 25.3 Å². The maximum absolute atomic E-state index is 14.1. The van der Waals surface area contributed by atoms with E-state index < -0.39 is 25.9 Å². The summed E-state index contributed by atoms with van der Waals surface area (Å²) >= 11 is 0. The molecule has 0 spiro atoms. The number of sulfone groups is 1. The lowest BCUT2D eigenvalue weighted by Crippen LogP contribution is -2.52. The van der Waals surface area contributed by atoms with Gasteiger partial charge < -0.3 is 11.5 Å². The zero-order chi connectivity index (χ0) is 16.1. The van der Waals surface area contributed by atoms with Gasteiger partial charge in [-0.25, -0.2) is 12.8 Å². The lowest BCUT2D eigenvalue weighted by Gasteiger charge is -2.39. The van der Waals surface area contributed by atoms with Crippen LogP contribution in [0, 0.1) is 5.82 Å². The summed E-state index contributed by atoms with van der Waals surface area (Å²) in [6.45, 7) is 3.29. The van der Waals surface area contributed by atoms with Gasteiger partial charge in [-0.15, -0.1) is 0 Å². The summed E-state index contributed by atoms with van der Waals surface area (Å²) in [7, 11) is -3.40. The molecule has 1 aromatic carbocycles. The van der Waals surface area contributed by atoms with Crippen molar-refractivity contribution in [3.8, 4) is 0 Å². The molecule has 0 saturated heterocycles. The van der Waals surface area contributed by atoms with Crippen molar-refractivity contribution < 1.29 is 12.8 Å². The Balaban J connectivity index is 2.56. The third-order valence-electron chi connectivity index (χ3n) is 4.39. The molecule has 7 heteroatoms. The monoisotopic (exact) mass is 313 g/mol. The minimum absolute atomic E-state index is 0.0144. The number of nitrogens with zero attached hydrogens (tertiary/aromatic N) is 1. The quantitative estimate of drug-likeness (QED) is 0.810. The Kier molecular flexibility index (Phi) is 3.52. The molecule has 0 radical (unpaired) electrons. The Morgan fingerprint density at radius 3 is 2.38 bits per heavy atom. The van der Waals surface area contributed by atoms with Gasteiger partial charge in [0.2, 0.25) is 0 Å². The first kappa shape index (κ1) is 15.8. The molecule has 21 heavy (non-hydrogen) atoms. The Morgan fingerprint density at radius 1 is 1.24 bits per heavy atom. The molecule has 0 amide bonds. The molecule has 4 N–H and O–H groups in total. The van der Waals surface area contributed by atoms with E-state index in [1.165, 1.54) is 18.2 Å². The van der Waals surface area contributed by atoms with Crippen LogP contribution in [0.1, 0.15) is 32.3 Å². The van der Waals surface area contributed by atoms with Crippen molar-refractivity contribution in [1.29, 1.82) is 0 Å². The van der Waals surface area contributed by atoms with Crippen LogP contribution in [0.3, 0.4) is 0 Å². The van der Waals surface area contributed by atoms with E-state index in [1.807, 2.05) is 0 Å². The van der Waals surface area contributed by atoms with Crippen molar-refractivity contribution in [2.75, 3.05) is 12.0 Å². The number of amidine groups is 1. The van der Waals surface area contributed by atoms with Crippen molar-refractivity contribution >= 4 is 21.4 Å². The van der Waals surface area contributed by atoms with Gasteiger partial charge in [0.25, 0.3) is 0 Å². The average Bonchev–Trinajstić information content (AvgIpc) is 2.36. The third-order valence-corrected chi connectivity index (χ3v) is 6.44. The molecule has 2 atom stereocenters. The van der Waals surface area contributed by atoms with Crippen LogP contribution in [0.2, 0.25) is 0 Å². The molecule has 1 unspecified atom stereocenters. The van der Waals surface area contributed by atoms with Crippen molar-refractivity contribution in [2.45, 2.75) is 37.0 Å². The zero-order valence-electron chi connectivity index (χ0n) is 12.4. The lowest BCUT2D eigenvalue weighted by molar-refractivity contribution is 0.379. The van der Waals surface area contributed by atoms with Gasteiger partial charge in [0, 0.05) is 17.5 Å². The Morgan fingerprint density at radius 2 is 1.86 bits per heavy atom. The number of halogens is 1. The first-order chi connectivity index (χ1) is 9.49. The second kappa shape index (κ2) is 4.69. The van der Waals surface area contributed by atoms with Crippen LogP contribution in [-0.2, 0) is 15.4 Å². The molecule has 5 nitrogen and oxygen atoms in total. The lowest BCUT2D eigenvalue weighted by atomic mass is 9.81. The van der Waals surface area contributed by atoms with E-state index >= 15 is 0 Å². The molecule has 1 aromatic rings. The second-order valence-corrected chi connectivity index (χ2v) is 8.46. The fourth-order valence-electron chi connectivity index (χ4n) is 2.58. The first-order valence-electron chi connectivity index (χ1n) is 6.60. The second-order valence-electron chi connectivity index (χ2n) is 6.01. The van der Waals surface area contributed by atoms with Crippen LogP contribution in [0.15, 0.2) is 23.2 Å². The van der Waals surface area contributed by atoms with E-state index in [1.54, 1.807) is 13.8 Å². The molecule has 1 aliphatic rings. The predicted octanol–water partition coefficient (Wildman–Crippen LogP) is 1.58.